The number of rotatable bonds is 3. The molecule has 0 radical (unpaired) electrons. The Kier molecular flexibility index (Phi) is 3.12. The van der Waals surface area contributed by atoms with Crippen LogP contribution < -0.4 is 5.32 Å². The molecule has 1 N–H and O–H groups in total. The average Bonchev–Trinajstić information content (AvgIpc) is 2.26. The molecule has 12 heavy (non-hydrogen) atoms. The summed E-state index contributed by atoms with van der Waals surface area (Å²) in [6.45, 7) is 5.16. The monoisotopic (exact) mass is 191 g/mol. The summed E-state index contributed by atoms with van der Waals surface area (Å²) < 4.78 is 22.1. The molecular formula is C8H17NO2S. The molecule has 1 saturated heterocycles. The molecule has 0 aromatic rings. The standard InChI is InChI=1S/C8H17NO2S/c1-7(2)5-9-8-3-4-12(10,11)6-8/h7-9H,3-6H2,1-2H3/t8-/m1/s1. The smallest absolute Gasteiger partial charge is 0.151 e. The SMILES string of the molecule is CC(C)CN[C@@H]1CCS(=O)(=O)C1. The molecule has 1 rings (SSSR count). The Morgan fingerprint density at radius 3 is 2.58 bits per heavy atom. The first-order valence-corrected chi connectivity index (χ1v) is 6.25. The van der Waals surface area contributed by atoms with E-state index in [1.54, 1.807) is 0 Å². The van der Waals surface area contributed by atoms with Crippen LogP contribution in [0, 0.1) is 5.92 Å². The van der Waals surface area contributed by atoms with Gasteiger partial charge in [-0.1, -0.05) is 13.8 Å². The summed E-state index contributed by atoms with van der Waals surface area (Å²) in [5.74, 6) is 1.29. The molecule has 0 amide bonds. The van der Waals surface area contributed by atoms with Crippen LogP contribution in [0.5, 0.6) is 0 Å². The lowest BCUT2D eigenvalue weighted by molar-refractivity contribution is 0.488. The van der Waals surface area contributed by atoms with Crippen molar-refractivity contribution in [1.82, 2.24) is 5.32 Å². The van der Waals surface area contributed by atoms with Crippen molar-refractivity contribution in [3.05, 3.63) is 0 Å². The highest BCUT2D eigenvalue weighted by atomic mass is 32.2. The minimum atomic E-state index is -2.71. The van der Waals surface area contributed by atoms with Gasteiger partial charge in [0.15, 0.2) is 9.84 Å². The van der Waals surface area contributed by atoms with E-state index in [9.17, 15) is 8.42 Å². The van der Waals surface area contributed by atoms with Crippen molar-refractivity contribution in [2.75, 3.05) is 18.1 Å². The molecule has 0 spiro atoms. The van der Waals surface area contributed by atoms with Gasteiger partial charge in [0.05, 0.1) is 11.5 Å². The van der Waals surface area contributed by atoms with Crippen molar-refractivity contribution in [3.63, 3.8) is 0 Å². The van der Waals surface area contributed by atoms with Gasteiger partial charge in [-0.15, -0.1) is 0 Å². The van der Waals surface area contributed by atoms with Crippen molar-refractivity contribution in [2.24, 2.45) is 5.92 Å². The molecule has 0 bridgehead atoms. The maximum Gasteiger partial charge on any atom is 0.151 e. The van der Waals surface area contributed by atoms with Gasteiger partial charge < -0.3 is 5.32 Å². The van der Waals surface area contributed by atoms with Crippen molar-refractivity contribution < 1.29 is 8.42 Å². The second-order valence-electron chi connectivity index (χ2n) is 3.90. The van der Waals surface area contributed by atoms with E-state index in [1.807, 2.05) is 0 Å². The third-order valence-electron chi connectivity index (χ3n) is 2.05. The molecule has 72 valence electrons. The predicted octanol–water partition coefficient (Wildman–Crippen LogP) is 0.419. The van der Waals surface area contributed by atoms with Gasteiger partial charge in [-0.3, -0.25) is 0 Å². The van der Waals surface area contributed by atoms with Crippen LogP contribution in [0.15, 0.2) is 0 Å². The van der Waals surface area contributed by atoms with E-state index in [0.717, 1.165) is 13.0 Å². The highest BCUT2D eigenvalue weighted by Crippen LogP contribution is 2.11. The lowest BCUT2D eigenvalue weighted by Gasteiger charge is -2.12. The third kappa shape index (κ3) is 3.11. The van der Waals surface area contributed by atoms with Crippen molar-refractivity contribution >= 4 is 9.84 Å². The molecule has 4 heteroatoms. The lowest BCUT2D eigenvalue weighted by atomic mass is 10.2. The molecular weight excluding hydrogens is 174 g/mol. The Morgan fingerprint density at radius 1 is 1.50 bits per heavy atom. The number of hydrogen-bond donors (Lipinski definition) is 1. The van der Waals surface area contributed by atoms with Gasteiger partial charge in [-0.05, 0) is 18.9 Å². The second kappa shape index (κ2) is 3.75. The van der Waals surface area contributed by atoms with Crippen LogP contribution >= 0.6 is 0 Å². The lowest BCUT2D eigenvalue weighted by Crippen LogP contribution is -2.32. The van der Waals surface area contributed by atoms with Gasteiger partial charge in [-0.2, -0.15) is 0 Å². The Morgan fingerprint density at radius 2 is 2.17 bits per heavy atom. The minimum Gasteiger partial charge on any atom is -0.313 e. The second-order valence-corrected chi connectivity index (χ2v) is 6.13. The van der Waals surface area contributed by atoms with Gasteiger partial charge in [0.1, 0.15) is 0 Å². The quantitative estimate of drug-likeness (QED) is 0.703. The number of sulfone groups is 1. The summed E-state index contributed by atoms with van der Waals surface area (Å²) in [6, 6.07) is 0.206. The molecule has 0 unspecified atom stereocenters. The minimum absolute atomic E-state index is 0.206. The molecule has 1 aliphatic heterocycles. The predicted molar refractivity (Wildman–Crippen MR) is 49.9 cm³/mol. The Labute approximate surface area is 74.5 Å². The summed E-state index contributed by atoms with van der Waals surface area (Å²) in [6.07, 6.45) is 0.787. The van der Waals surface area contributed by atoms with Crippen LogP contribution in [-0.4, -0.2) is 32.5 Å². The van der Waals surface area contributed by atoms with Gasteiger partial charge in [0.25, 0.3) is 0 Å². The van der Waals surface area contributed by atoms with E-state index in [4.69, 9.17) is 0 Å². The van der Waals surface area contributed by atoms with Gasteiger partial charge in [0.2, 0.25) is 0 Å². The zero-order chi connectivity index (χ0) is 9.19. The third-order valence-corrected chi connectivity index (χ3v) is 3.82. The Hall–Kier alpha value is -0.0900. The van der Waals surface area contributed by atoms with E-state index in [2.05, 4.69) is 19.2 Å². The Balaban J connectivity index is 2.29. The number of hydrogen-bond acceptors (Lipinski definition) is 3. The fraction of sp³-hybridized carbons (Fsp3) is 1.00. The maximum absolute atomic E-state index is 11.0. The largest absolute Gasteiger partial charge is 0.313 e. The van der Waals surface area contributed by atoms with E-state index < -0.39 is 9.84 Å². The Bertz CT molecular complexity index is 233. The average molecular weight is 191 g/mol. The summed E-state index contributed by atoms with van der Waals surface area (Å²) in [4.78, 5) is 0. The van der Waals surface area contributed by atoms with E-state index in [0.29, 0.717) is 17.4 Å². The van der Waals surface area contributed by atoms with E-state index in [-0.39, 0.29) is 6.04 Å². The van der Waals surface area contributed by atoms with E-state index >= 15 is 0 Å². The molecule has 1 atom stereocenters. The molecule has 1 fully saturated rings. The molecule has 0 saturated carbocycles. The molecule has 0 aliphatic carbocycles. The van der Waals surface area contributed by atoms with Crippen LogP contribution in [0.25, 0.3) is 0 Å². The molecule has 0 aromatic heterocycles. The van der Waals surface area contributed by atoms with Gasteiger partial charge in [-0.25, -0.2) is 8.42 Å². The fourth-order valence-electron chi connectivity index (χ4n) is 1.36. The van der Waals surface area contributed by atoms with Crippen LogP contribution in [-0.2, 0) is 9.84 Å². The number of nitrogens with one attached hydrogen (secondary N) is 1. The zero-order valence-electron chi connectivity index (χ0n) is 7.71. The summed E-state index contributed by atoms with van der Waals surface area (Å²) in [5, 5.41) is 3.26. The van der Waals surface area contributed by atoms with Gasteiger partial charge >= 0.3 is 0 Å². The first-order chi connectivity index (χ1) is 5.49. The van der Waals surface area contributed by atoms with Crippen molar-refractivity contribution in [3.8, 4) is 0 Å². The van der Waals surface area contributed by atoms with E-state index in [1.165, 1.54) is 0 Å². The summed E-state index contributed by atoms with van der Waals surface area (Å²) in [7, 11) is -2.71. The fourth-order valence-corrected chi connectivity index (χ4v) is 3.07. The summed E-state index contributed by atoms with van der Waals surface area (Å²) >= 11 is 0. The van der Waals surface area contributed by atoms with Crippen molar-refractivity contribution in [2.45, 2.75) is 26.3 Å². The van der Waals surface area contributed by atoms with Crippen LogP contribution in [0.2, 0.25) is 0 Å². The first-order valence-electron chi connectivity index (χ1n) is 4.43. The molecule has 0 aromatic carbocycles. The summed E-state index contributed by atoms with van der Waals surface area (Å²) in [5.41, 5.74) is 0. The van der Waals surface area contributed by atoms with Gasteiger partial charge in [0, 0.05) is 6.04 Å². The van der Waals surface area contributed by atoms with Crippen LogP contribution in [0.1, 0.15) is 20.3 Å². The topological polar surface area (TPSA) is 46.2 Å². The molecule has 1 heterocycles. The normalized spacial score (nSPS) is 28.1. The maximum atomic E-state index is 11.0. The van der Waals surface area contributed by atoms with Crippen LogP contribution in [0.4, 0.5) is 0 Å². The molecule has 3 nitrogen and oxygen atoms in total. The highest BCUT2D eigenvalue weighted by Gasteiger charge is 2.27. The van der Waals surface area contributed by atoms with Crippen LogP contribution in [0.3, 0.4) is 0 Å². The first kappa shape index (κ1) is 9.99. The van der Waals surface area contributed by atoms with Crippen molar-refractivity contribution in [1.29, 1.82) is 0 Å². The zero-order valence-corrected chi connectivity index (χ0v) is 8.52. The molecule has 1 aliphatic rings. The highest BCUT2D eigenvalue weighted by molar-refractivity contribution is 7.91.